The Morgan fingerprint density at radius 3 is 3.00 bits per heavy atom. The lowest BCUT2D eigenvalue weighted by atomic mass is 10.2. The van der Waals surface area contributed by atoms with Crippen molar-refractivity contribution < 1.29 is 9.90 Å². The van der Waals surface area contributed by atoms with E-state index in [0.717, 1.165) is 0 Å². The number of carboxylic acids is 1. The first kappa shape index (κ1) is 8.55. The molecular weight excluding hydrogens is 182 g/mol. The van der Waals surface area contributed by atoms with E-state index in [1.54, 1.807) is 25.4 Å². The van der Waals surface area contributed by atoms with E-state index in [0.29, 0.717) is 11.4 Å². The summed E-state index contributed by atoms with van der Waals surface area (Å²) in [7, 11) is 1.66. The molecule has 0 spiro atoms. The molecule has 2 rings (SSSR count). The van der Waals surface area contributed by atoms with Crippen molar-refractivity contribution in [3.63, 3.8) is 0 Å². The van der Waals surface area contributed by atoms with Crippen LogP contribution in [0.1, 0.15) is 10.5 Å². The number of hydrogen-bond acceptors (Lipinski definition) is 2. The third-order valence-corrected chi connectivity index (χ3v) is 1.99. The van der Waals surface area contributed by atoms with Crippen molar-refractivity contribution in [1.29, 1.82) is 0 Å². The van der Waals surface area contributed by atoms with Gasteiger partial charge in [-0.3, -0.25) is 0 Å². The van der Waals surface area contributed by atoms with E-state index in [-0.39, 0.29) is 5.69 Å². The first-order valence-corrected chi connectivity index (χ1v) is 4.08. The van der Waals surface area contributed by atoms with Crippen LogP contribution >= 0.6 is 0 Å². The van der Waals surface area contributed by atoms with Gasteiger partial charge in [0.2, 0.25) is 0 Å². The van der Waals surface area contributed by atoms with Gasteiger partial charge in [0.1, 0.15) is 5.69 Å². The van der Waals surface area contributed by atoms with E-state index < -0.39 is 5.97 Å². The van der Waals surface area contributed by atoms with E-state index in [1.165, 1.54) is 10.9 Å². The number of aromatic nitrogens is 3. The summed E-state index contributed by atoms with van der Waals surface area (Å²) in [6.07, 6.45) is 3.22. The number of aromatic carboxylic acids is 1. The average Bonchev–Trinajstić information content (AvgIpc) is 2.70. The summed E-state index contributed by atoms with van der Waals surface area (Å²) >= 11 is 0. The van der Waals surface area contributed by atoms with Crippen LogP contribution in [0.4, 0.5) is 0 Å². The molecule has 0 bridgehead atoms. The fraction of sp³-hybridized carbons (Fsp3) is 0.111. The molecule has 0 aliphatic rings. The Morgan fingerprint density at radius 2 is 2.43 bits per heavy atom. The van der Waals surface area contributed by atoms with Crippen LogP contribution in [0, 0.1) is 0 Å². The minimum Gasteiger partial charge on any atom is -0.477 e. The molecule has 0 saturated heterocycles. The normalized spacial score (nSPS) is 10.4. The zero-order valence-corrected chi connectivity index (χ0v) is 7.56. The molecule has 5 heteroatoms. The summed E-state index contributed by atoms with van der Waals surface area (Å²) in [5.41, 5.74) is 1.36. The van der Waals surface area contributed by atoms with E-state index in [9.17, 15) is 4.79 Å². The number of rotatable bonds is 2. The molecule has 2 heterocycles. The SMILES string of the molecule is Cn1cnc(-c2ccc[nH]2)c1C(=O)O. The number of aromatic amines is 1. The fourth-order valence-corrected chi connectivity index (χ4v) is 1.36. The number of aryl methyl sites for hydroxylation is 1. The first-order chi connectivity index (χ1) is 6.70. The summed E-state index contributed by atoms with van der Waals surface area (Å²) in [6, 6.07) is 3.59. The summed E-state index contributed by atoms with van der Waals surface area (Å²) in [4.78, 5) is 17.9. The van der Waals surface area contributed by atoms with E-state index in [2.05, 4.69) is 9.97 Å². The number of imidazole rings is 1. The highest BCUT2D eigenvalue weighted by molar-refractivity contribution is 5.92. The Labute approximate surface area is 80.0 Å². The molecule has 5 nitrogen and oxygen atoms in total. The molecule has 0 aliphatic carbocycles. The highest BCUT2D eigenvalue weighted by atomic mass is 16.4. The summed E-state index contributed by atoms with van der Waals surface area (Å²) in [5, 5.41) is 8.96. The van der Waals surface area contributed by atoms with Crippen molar-refractivity contribution in [2.24, 2.45) is 7.05 Å². The molecule has 2 aromatic heterocycles. The van der Waals surface area contributed by atoms with Gasteiger partial charge in [0.15, 0.2) is 5.69 Å². The summed E-state index contributed by atoms with van der Waals surface area (Å²) in [6.45, 7) is 0. The minimum atomic E-state index is -0.977. The monoisotopic (exact) mass is 191 g/mol. The van der Waals surface area contributed by atoms with Gasteiger partial charge >= 0.3 is 5.97 Å². The van der Waals surface area contributed by atoms with Crippen molar-refractivity contribution in [3.05, 3.63) is 30.4 Å². The zero-order valence-electron chi connectivity index (χ0n) is 7.56. The van der Waals surface area contributed by atoms with Crippen LogP contribution in [0.3, 0.4) is 0 Å². The number of carboxylic acid groups (broad SMARTS) is 1. The Morgan fingerprint density at radius 1 is 1.64 bits per heavy atom. The lowest BCUT2D eigenvalue weighted by Gasteiger charge is -1.98. The molecule has 0 unspecified atom stereocenters. The van der Waals surface area contributed by atoms with Crippen LogP contribution < -0.4 is 0 Å². The van der Waals surface area contributed by atoms with Gasteiger partial charge in [-0.2, -0.15) is 0 Å². The molecule has 0 atom stereocenters. The van der Waals surface area contributed by atoms with Gasteiger partial charge in [-0.1, -0.05) is 0 Å². The Balaban J connectivity index is 2.60. The van der Waals surface area contributed by atoms with Gasteiger partial charge in [-0.15, -0.1) is 0 Å². The molecule has 2 aromatic rings. The molecule has 0 amide bonds. The molecule has 0 saturated carbocycles. The third kappa shape index (κ3) is 1.19. The van der Waals surface area contributed by atoms with Gasteiger partial charge in [-0.05, 0) is 12.1 Å². The van der Waals surface area contributed by atoms with Crippen LogP contribution in [0.25, 0.3) is 11.4 Å². The van der Waals surface area contributed by atoms with Crippen molar-refractivity contribution in [2.75, 3.05) is 0 Å². The minimum absolute atomic E-state index is 0.187. The van der Waals surface area contributed by atoms with Crippen LogP contribution in [0.2, 0.25) is 0 Å². The predicted molar refractivity (Wildman–Crippen MR) is 50.0 cm³/mol. The van der Waals surface area contributed by atoms with Crippen LogP contribution in [-0.4, -0.2) is 25.6 Å². The highest BCUT2D eigenvalue weighted by Crippen LogP contribution is 2.19. The Hall–Kier alpha value is -2.04. The van der Waals surface area contributed by atoms with Gasteiger partial charge in [0.05, 0.1) is 12.0 Å². The Bertz CT molecular complexity index is 456. The molecule has 0 aliphatic heterocycles. The lowest BCUT2D eigenvalue weighted by molar-refractivity contribution is 0.0687. The maximum atomic E-state index is 10.9. The lowest BCUT2D eigenvalue weighted by Crippen LogP contribution is -2.05. The van der Waals surface area contributed by atoms with Crippen LogP contribution in [-0.2, 0) is 7.05 Å². The molecule has 72 valence electrons. The van der Waals surface area contributed by atoms with Gasteiger partial charge in [0.25, 0.3) is 0 Å². The first-order valence-electron chi connectivity index (χ1n) is 4.08. The third-order valence-electron chi connectivity index (χ3n) is 1.99. The highest BCUT2D eigenvalue weighted by Gasteiger charge is 2.17. The standard InChI is InChI=1S/C9H9N3O2/c1-12-5-11-7(8(12)9(13)14)6-3-2-4-10-6/h2-5,10H,1H3,(H,13,14). The van der Waals surface area contributed by atoms with Crippen LogP contribution in [0.15, 0.2) is 24.7 Å². The molecule has 14 heavy (non-hydrogen) atoms. The summed E-state index contributed by atoms with van der Waals surface area (Å²) in [5.74, 6) is -0.977. The maximum Gasteiger partial charge on any atom is 0.354 e. The number of carbonyl (C=O) groups is 1. The second-order valence-electron chi connectivity index (χ2n) is 2.94. The smallest absolute Gasteiger partial charge is 0.354 e. The summed E-state index contributed by atoms with van der Waals surface area (Å²) < 4.78 is 1.48. The van der Waals surface area contributed by atoms with Crippen molar-refractivity contribution in [3.8, 4) is 11.4 Å². The van der Waals surface area contributed by atoms with Gasteiger partial charge in [-0.25, -0.2) is 9.78 Å². The van der Waals surface area contributed by atoms with Gasteiger partial charge in [0, 0.05) is 13.2 Å². The van der Waals surface area contributed by atoms with E-state index >= 15 is 0 Å². The fourth-order valence-electron chi connectivity index (χ4n) is 1.36. The van der Waals surface area contributed by atoms with E-state index in [4.69, 9.17) is 5.11 Å². The largest absolute Gasteiger partial charge is 0.477 e. The second kappa shape index (κ2) is 3.02. The number of H-pyrrole nitrogens is 1. The average molecular weight is 191 g/mol. The Kier molecular flexibility index (Phi) is 1.85. The van der Waals surface area contributed by atoms with Crippen molar-refractivity contribution in [2.45, 2.75) is 0 Å². The van der Waals surface area contributed by atoms with Crippen molar-refractivity contribution >= 4 is 5.97 Å². The molecule has 0 radical (unpaired) electrons. The molecule has 0 fully saturated rings. The number of nitrogens with one attached hydrogen (secondary N) is 1. The molecule has 2 N–H and O–H groups in total. The van der Waals surface area contributed by atoms with E-state index in [1.807, 2.05) is 0 Å². The quantitative estimate of drug-likeness (QED) is 0.747. The zero-order chi connectivity index (χ0) is 10.1. The molecular formula is C9H9N3O2. The molecule has 0 aromatic carbocycles. The van der Waals surface area contributed by atoms with Gasteiger partial charge < -0.3 is 14.7 Å². The predicted octanol–water partition coefficient (Wildman–Crippen LogP) is 1.11. The van der Waals surface area contributed by atoms with Crippen molar-refractivity contribution in [1.82, 2.24) is 14.5 Å². The maximum absolute atomic E-state index is 10.9. The number of hydrogen-bond donors (Lipinski definition) is 2. The topological polar surface area (TPSA) is 70.9 Å². The number of nitrogens with zero attached hydrogens (tertiary/aromatic N) is 2. The van der Waals surface area contributed by atoms with Crippen LogP contribution in [0.5, 0.6) is 0 Å². The second-order valence-corrected chi connectivity index (χ2v) is 2.94.